The second-order valence-corrected chi connectivity index (χ2v) is 10.9. The molecule has 0 heterocycles. The summed E-state index contributed by atoms with van der Waals surface area (Å²) >= 11 is 0. The van der Waals surface area contributed by atoms with E-state index in [-0.39, 0.29) is 10.8 Å². The molecule has 1 aromatic rings. The summed E-state index contributed by atoms with van der Waals surface area (Å²) in [6.45, 7) is 11.2. The average Bonchev–Trinajstić information content (AvgIpc) is 2.92. The summed E-state index contributed by atoms with van der Waals surface area (Å²) in [7, 11) is 0. The summed E-state index contributed by atoms with van der Waals surface area (Å²) in [5, 5.41) is 24.2. The number of fused-ring (bicyclic) bond motifs is 5. The number of rotatable bonds is 2. The number of aromatic hydroxyl groups is 1. The molecule has 3 nitrogen and oxygen atoms in total. The third kappa shape index (κ3) is 2.88. The second kappa shape index (κ2) is 6.78. The number of aryl methyl sites for hydroxylation is 1. The van der Waals surface area contributed by atoms with Crippen LogP contribution in [0.5, 0.6) is 5.75 Å². The van der Waals surface area contributed by atoms with Crippen LogP contribution in [0.15, 0.2) is 17.3 Å². The normalized spacial score (nSPS) is 36.1. The van der Waals surface area contributed by atoms with Crippen molar-refractivity contribution in [3.05, 3.63) is 28.8 Å². The molecule has 0 radical (unpaired) electrons. The van der Waals surface area contributed by atoms with E-state index in [0.717, 1.165) is 37.0 Å². The Balaban J connectivity index is 1.76. The second-order valence-electron chi connectivity index (χ2n) is 10.9. The molecule has 4 rings (SSSR count). The summed E-state index contributed by atoms with van der Waals surface area (Å²) in [5.41, 5.74) is 5.00. The number of hydrogen-bond acceptors (Lipinski definition) is 3. The zero-order valence-electron chi connectivity index (χ0n) is 18.3. The monoisotopic (exact) mass is 383 g/mol. The first-order chi connectivity index (χ1) is 13.2. The van der Waals surface area contributed by atoms with E-state index >= 15 is 0 Å². The highest BCUT2D eigenvalue weighted by Crippen LogP contribution is 2.62. The standard InChI is InChI=1S/C25H37NO2/c1-6-7-16-13-22(26-28)25(5)11-10-17-18(23(16)25)9-8-15-12-21(27)20(14-19(15)17)24(2,3)4/h12,14,16-18,23,27-28H,6-11,13H2,1-5H3/b26-22+. The van der Waals surface area contributed by atoms with Gasteiger partial charge >= 0.3 is 0 Å². The maximum absolute atomic E-state index is 10.6. The van der Waals surface area contributed by atoms with Crippen molar-refractivity contribution >= 4 is 5.71 Å². The number of benzene rings is 1. The first-order valence-corrected chi connectivity index (χ1v) is 11.3. The van der Waals surface area contributed by atoms with Crippen LogP contribution in [0.2, 0.25) is 0 Å². The molecule has 0 spiro atoms. The predicted molar refractivity (Wildman–Crippen MR) is 114 cm³/mol. The van der Waals surface area contributed by atoms with Gasteiger partial charge in [-0.15, -0.1) is 0 Å². The fourth-order valence-corrected chi connectivity index (χ4v) is 7.08. The highest BCUT2D eigenvalue weighted by atomic mass is 16.4. The van der Waals surface area contributed by atoms with Crippen LogP contribution in [0, 0.1) is 23.2 Å². The molecule has 2 saturated carbocycles. The Morgan fingerprint density at radius 2 is 1.96 bits per heavy atom. The molecule has 0 bridgehead atoms. The Labute approximate surface area is 170 Å². The van der Waals surface area contributed by atoms with Crippen LogP contribution in [-0.4, -0.2) is 16.0 Å². The Morgan fingerprint density at radius 1 is 1.21 bits per heavy atom. The maximum Gasteiger partial charge on any atom is 0.119 e. The molecule has 3 heteroatoms. The highest BCUT2D eigenvalue weighted by Gasteiger charge is 2.57. The molecule has 154 valence electrons. The number of phenols is 1. The Bertz CT molecular complexity index is 790. The van der Waals surface area contributed by atoms with Crippen molar-refractivity contribution in [1.82, 2.24) is 0 Å². The molecule has 1 aromatic carbocycles. The van der Waals surface area contributed by atoms with E-state index in [1.54, 1.807) is 0 Å². The zero-order chi connectivity index (χ0) is 20.3. The van der Waals surface area contributed by atoms with Gasteiger partial charge in [-0.1, -0.05) is 58.7 Å². The lowest BCUT2D eigenvalue weighted by Crippen LogP contribution is -2.44. The van der Waals surface area contributed by atoms with E-state index in [4.69, 9.17) is 0 Å². The van der Waals surface area contributed by atoms with Gasteiger partial charge in [-0.2, -0.15) is 0 Å². The van der Waals surface area contributed by atoms with Crippen LogP contribution in [0.3, 0.4) is 0 Å². The van der Waals surface area contributed by atoms with Crippen molar-refractivity contribution in [2.75, 3.05) is 0 Å². The van der Waals surface area contributed by atoms with E-state index in [0.29, 0.717) is 29.4 Å². The van der Waals surface area contributed by atoms with Crippen molar-refractivity contribution in [3.63, 3.8) is 0 Å². The topological polar surface area (TPSA) is 52.8 Å². The fraction of sp³-hybridized carbons (Fsp3) is 0.720. The first-order valence-electron chi connectivity index (χ1n) is 11.3. The summed E-state index contributed by atoms with van der Waals surface area (Å²) in [5.74, 6) is 2.98. The lowest BCUT2D eigenvalue weighted by Gasteiger charge is -2.50. The van der Waals surface area contributed by atoms with Crippen molar-refractivity contribution < 1.29 is 10.3 Å². The number of hydrogen-bond donors (Lipinski definition) is 2. The molecule has 0 amide bonds. The van der Waals surface area contributed by atoms with Crippen LogP contribution in [0.1, 0.15) is 95.8 Å². The van der Waals surface area contributed by atoms with E-state index in [2.05, 4.69) is 51.9 Å². The molecular weight excluding hydrogens is 346 g/mol. The lowest BCUT2D eigenvalue weighted by molar-refractivity contribution is 0.0559. The molecule has 2 fully saturated rings. The van der Waals surface area contributed by atoms with Gasteiger partial charge in [-0.25, -0.2) is 0 Å². The van der Waals surface area contributed by atoms with E-state index < -0.39 is 0 Å². The molecule has 5 unspecified atom stereocenters. The van der Waals surface area contributed by atoms with Crippen LogP contribution >= 0.6 is 0 Å². The molecule has 3 aliphatic carbocycles. The van der Waals surface area contributed by atoms with Crippen molar-refractivity contribution in [2.45, 2.75) is 90.9 Å². The molecular formula is C25H37NO2. The highest BCUT2D eigenvalue weighted by molar-refractivity contribution is 5.92. The largest absolute Gasteiger partial charge is 0.508 e. The number of oxime groups is 1. The minimum Gasteiger partial charge on any atom is -0.508 e. The van der Waals surface area contributed by atoms with Gasteiger partial charge in [0.2, 0.25) is 0 Å². The number of phenolic OH excluding ortho intramolecular Hbond substituents is 1. The zero-order valence-corrected chi connectivity index (χ0v) is 18.3. The molecule has 0 saturated heterocycles. The first kappa shape index (κ1) is 19.8. The van der Waals surface area contributed by atoms with Crippen LogP contribution in [0.25, 0.3) is 0 Å². The Hall–Kier alpha value is -1.51. The average molecular weight is 384 g/mol. The third-order valence-corrected chi connectivity index (χ3v) is 8.30. The Kier molecular flexibility index (Phi) is 4.79. The third-order valence-electron chi connectivity index (χ3n) is 8.30. The van der Waals surface area contributed by atoms with Gasteiger partial charge in [0.25, 0.3) is 0 Å². The quantitative estimate of drug-likeness (QED) is 0.458. The molecule has 0 aromatic heterocycles. The SMILES string of the molecule is CCCC1C/C(=N\O)C2(C)CCC3c4cc(C(C)(C)C)c(O)cc4CCC3C12. The van der Waals surface area contributed by atoms with Crippen molar-refractivity contribution in [3.8, 4) is 5.75 Å². The summed E-state index contributed by atoms with van der Waals surface area (Å²) in [6.07, 6.45) is 7.95. The summed E-state index contributed by atoms with van der Waals surface area (Å²) < 4.78 is 0. The molecule has 5 atom stereocenters. The molecule has 28 heavy (non-hydrogen) atoms. The van der Waals surface area contributed by atoms with Crippen molar-refractivity contribution in [1.29, 1.82) is 0 Å². The van der Waals surface area contributed by atoms with E-state index in [9.17, 15) is 10.3 Å². The lowest BCUT2D eigenvalue weighted by atomic mass is 9.53. The van der Waals surface area contributed by atoms with Crippen LogP contribution in [0.4, 0.5) is 0 Å². The fourth-order valence-electron chi connectivity index (χ4n) is 7.08. The van der Waals surface area contributed by atoms with Gasteiger partial charge in [-0.3, -0.25) is 0 Å². The molecule has 3 aliphatic rings. The number of nitrogens with zero attached hydrogens (tertiary/aromatic N) is 1. The van der Waals surface area contributed by atoms with Gasteiger partial charge < -0.3 is 10.3 Å². The van der Waals surface area contributed by atoms with Gasteiger partial charge in [0, 0.05) is 5.41 Å². The summed E-state index contributed by atoms with van der Waals surface area (Å²) in [6, 6.07) is 4.38. The molecule has 2 N–H and O–H groups in total. The maximum atomic E-state index is 10.6. The van der Waals surface area contributed by atoms with E-state index in [1.165, 1.54) is 30.4 Å². The van der Waals surface area contributed by atoms with E-state index in [1.807, 2.05) is 0 Å². The molecule has 0 aliphatic heterocycles. The van der Waals surface area contributed by atoms with Gasteiger partial charge in [0.05, 0.1) is 5.71 Å². The van der Waals surface area contributed by atoms with Crippen LogP contribution < -0.4 is 0 Å². The van der Waals surface area contributed by atoms with Crippen LogP contribution in [-0.2, 0) is 11.8 Å². The van der Waals surface area contributed by atoms with Crippen molar-refractivity contribution in [2.24, 2.45) is 28.3 Å². The minimum atomic E-state index is -0.0515. The summed E-state index contributed by atoms with van der Waals surface area (Å²) in [4.78, 5) is 0. The van der Waals surface area contributed by atoms with Gasteiger partial charge in [0.15, 0.2) is 0 Å². The minimum absolute atomic E-state index is 0.0515. The Morgan fingerprint density at radius 3 is 2.61 bits per heavy atom. The smallest absolute Gasteiger partial charge is 0.119 e. The van der Waals surface area contributed by atoms with Gasteiger partial charge in [0.1, 0.15) is 5.75 Å². The predicted octanol–water partition coefficient (Wildman–Crippen LogP) is 6.40. The van der Waals surface area contributed by atoms with Gasteiger partial charge in [-0.05, 0) is 83.9 Å².